The van der Waals surface area contributed by atoms with Crippen molar-refractivity contribution >= 4 is 10.0 Å². The van der Waals surface area contributed by atoms with Crippen LogP contribution in [0.1, 0.15) is 38.4 Å². The first-order valence-electron chi connectivity index (χ1n) is 7.44. The molecule has 0 saturated heterocycles. The van der Waals surface area contributed by atoms with Gasteiger partial charge in [0.05, 0.1) is 6.20 Å². The standard InChI is InChI=1S/C14H26N4O2S/c1-11-6-5-7-14(8-11,18(3)4)10-16-21(19,20)13-9-15-12(2)17-13/h9,11,16H,5-8,10H2,1-4H3,(H,15,17). The Kier molecular flexibility index (Phi) is 4.75. The summed E-state index contributed by atoms with van der Waals surface area (Å²) in [5.41, 5.74) is -0.0974. The third-order valence-electron chi connectivity index (χ3n) is 4.58. The van der Waals surface area contributed by atoms with Crippen molar-refractivity contribution in [3.8, 4) is 0 Å². The molecule has 0 bridgehead atoms. The van der Waals surface area contributed by atoms with Gasteiger partial charge in [-0.25, -0.2) is 18.1 Å². The van der Waals surface area contributed by atoms with Gasteiger partial charge in [0, 0.05) is 12.1 Å². The lowest BCUT2D eigenvalue weighted by atomic mass is 9.75. The summed E-state index contributed by atoms with van der Waals surface area (Å²) in [6.07, 6.45) is 5.77. The molecular formula is C14H26N4O2S. The van der Waals surface area contributed by atoms with Crippen molar-refractivity contribution in [2.45, 2.75) is 50.1 Å². The lowest BCUT2D eigenvalue weighted by Gasteiger charge is -2.45. The van der Waals surface area contributed by atoms with Crippen LogP contribution in [0.4, 0.5) is 0 Å². The van der Waals surface area contributed by atoms with Crippen molar-refractivity contribution in [2.75, 3.05) is 20.6 Å². The van der Waals surface area contributed by atoms with Crippen molar-refractivity contribution in [3.63, 3.8) is 0 Å². The molecule has 0 aliphatic heterocycles. The van der Waals surface area contributed by atoms with Gasteiger partial charge in [0.1, 0.15) is 5.82 Å². The number of aromatic nitrogens is 2. The number of nitrogens with zero attached hydrogens (tertiary/aromatic N) is 2. The Morgan fingerprint density at radius 1 is 1.52 bits per heavy atom. The minimum atomic E-state index is -3.52. The Morgan fingerprint density at radius 2 is 2.24 bits per heavy atom. The SMILES string of the molecule is Cc1ncc(S(=O)(=O)NCC2(N(C)C)CCCC(C)C2)[nH]1. The molecule has 2 rings (SSSR count). The summed E-state index contributed by atoms with van der Waals surface area (Å²) >= 11 is 0. The molecule has 21 heavy (non-hydrogen) atoms. The number of imidazole rings is 1. The van der Waals surface area contributed by atoms with Gasteiger partial charge in [-0.05, 0) is 39.8 Å². The Balaban J connectivity index is 2.12. The first-order chi connectivity index (χ1) is 9.75. The van der Waals surface area contributed by atoms with Crippen LogP contribution in [0.3, 0.4) is 0 Å². The third-order valence-corrected chi connectivity index (χ3v) is 5.89. The van der Waals surface area contributed by atoms with Crippen LogP contribution < -0.4 is 4.72 Å². The Hall–Kier alpha value is -0.920. The van der Waals surface area contributed by atoms with E-state index < -0.39 is 10.0 Å². The monoisotopic (exact) mass is 314 g/mol. The van der Waals surface area contributed by atoms with E-state index in [1.54, 1.807) is 6.92 Å². The maximum atomic E-state index is 12.3. The summed E-state index contributed by atoms with van der Waals surface area (Å²) in [4.78, 5) is 8.91. The zero-order valence-corrected chi connectivity index (χ0v) is 14.1. The van der Waals surface area contributed by atoms with E-state index in [1.165, 1.54) is 12.6 Å². The number of hydrogen-bond acceptors (Lipinski definition) is 4. The Bertz CT molecular complexity index is 582. The number of likely N-dealkylation sites (N-methyl/N-ethyl adjacent to an activating group) is 1. The number of aryl methyl sites for hydroxylation is 1. The molecule has 6 nitrogen and oxygen atoms in total. The number of rotatable bonds is 5. The molecule has 120 valence electrons. The van der Waals surface area contributed by atoms with E-state index in [2.05, 4.69) is 26.5 Å². The van der Waals surface area contributed by atoms with Crippen molar-refractivity contribution in [1.29, 1.82) is 0 Å². The van der Waals surface area contributed by atoms with E-state index >= 15 is 0 Å². The van der Waals surface area contributed by atoms with Gasteiger partial charge in [-0.15, -0.1) is 0 Å². The summed E-state index contributed by atoms with van der Waals surface area (Å²) in [6, 6.07) is 0. The molecule has 0 aromatic carbocycles. The maximum Gasteiger partial charge on any atom is 0.257 e. The average Bonchev–Trinajstić information content (AvgIpc) is 2.84. The normalized spacial score (nSPS) is 27.2. The molecule has 1 aromatic heterocycles. The minimum Gasteiger partial charge on any atom is -0.332 e. The predicted octanol–water partition coefficient (Wildman–Crippen LogP) is 1.51. The second kappa shape index (κ2) is 6.06. The fraction of sp³-hybridized carbons (Fsp3) is 0.786. The summed E-state index contributed by atoms with van der Waals surface area (Å²) in [5, 5.41) is 0.137. The average molecular weight is 314 g/mol. The molecule has 2 N–H and O–H groups in total. The fourth-order valence-corrected chi connectivity index (χ4v) is 4.29. The molecule has 0 amide bonds. The molecule has 2 atom stereocenters. The zero-order chi connectivity index (χ0) is 15.7. The molecule has 1 aliphatic rings. The minimum absolute atomic E-state index is 0.0974. The molecule has 2 unspecified atom stereocenters. The Labute approximate surface area is 127 Å². The summed E-state index contributed by atoms with van der Waals surface area (Å²) < 4.78 is 27.4. The smallest absolute Gasteiger partial charge is 0.257 e. The van der Waals surface area contributed by atoms with E-state index in [1.807, 2.05) is 14.1 Å². The number of aromatic amines is 1. The zero-order valence-electron chi connectivity index (χ0n) is 13.3. The van der Waals surface area contributed by atoms with Gasteiger partial charge < -0.3 is 9.88 Å². The molecule has 0 radical (unpaired) electrons. The number of hydrogen-bond donors (Lipinski definition) is 2. The van der Waals surface area contributed by atoms with Crippen molar-refractivity contribution in [3.05, 3.63) is 12.0 Å². The van der Waals surface area contributed by atoms with Crippen molar-refractivity contribution in [1.82, 2.24) is 19.6 Å². The first-order valence-corrected chi connectivity index (χ1v) is 8.92. The molecule has 1 saturated carbocycles. The van der Waals surface area contributed by atoms with Crippen LogP contribution in [0.15, 0.2) is 11.2 Å². The molecule has 0 spiro atoms. The maximum absolute atomic E-state index is 12.3. The van der Waals surface area contributed by atoms with E-state index in [-0.39, 0.29) is 10.6 Å². The highest BCUT2D eigenvalue weighted by atomic mass is 32.2. The fourth-order valence-electron chi connectivity index (χ4n) is 3.20. The molecule has 7 heteroatoms. The van der Waals surface area contributed by atoms with Crippen molar-refractivity contribution < 1.29 is 8.42 Å². The number of H-pyrrole nitrogens is 1. The van der Waals surface area contributed by atoms with Gasteiger partial charge in [-0.1, -0.05) is 19.8 Å². The summed E-state index contributed by atoms with van der Waals surface area (Å²) in [5.74, 6) is 1.23. The lowest BCUT2D eigenvalue weighted by Crippen LogP contribution is -2.55. The van der Waals surface area contributed by atoms with Crippen LogP contribution in [-0.4, -0.2) is 49.5 Å². The van der Waals surface area contributed by atoms with Gasteiger partial charge >= 0.3 is 0 Å². The largest absolute Gasteiger partial charge is 0.332 e. The molecule has 1 aliphatic carbocycles. The van der Waals surface area contributed by atoms with E-state index in [4.69, 9.17) is 0 Å². The van der Waals surface area contributed by atoms with Crippen LogP contribution >= 0.6 is 0 Å². The van der Waals surface area contributed by atoms with Gasteiger partial charge in [0.2, 0.25) is 0 Å². The van der Waals surface area contributed by atoms with Crippen LogP contribution in [0.5, 0.6) is 0 Å². The topological polar surface area (TPSA) is 78.1 Å². The molecule has 1 heterocycles. The van der Waals surface area contributed by atoms with Gasteiger partial charge in [0.25, 0.3) is 10.0 Å². The van der Waals surface area contributed by atoms with Gasteiger partial charge in [-0.3, -0.25) is 0 Å². The lowest BCUT2D eigenvalue weighted by molar-refractivity contribution is 0.0805. The number of sulfonamides is 1. The predicted molar refractivity (Wildman–Crippen MR) is 82.6 cm³/mol. The second-order valence-corrected chi connectivity index (χ2v) is 8.21. The quantitative estimate of drug-likeness (QED) is 0.863. The van der Waals surface area contributed by atoms with E-state index in [0.29, 0.717) is 18.3 Å². The van der Waals surface area contributed by atoms with Gasteiger partial charge in [0.15, 0.2) is 5.03 Å². The van der Waals surface area contributed by atoms with Crippen LogP contribution in [0, 0.1) is 12.8 Å². The van der Waals surface area contributed by atoms with Crippen LogP contribution in [0.2, 0.25) is 0 Å². The van der Waals surface area contributed by atoms with Crippen LogP contribution in [0.25, 0.3) is 0 Å². The second-order valence-electron chi connectivity index (χ2n) is 6.48. The van der Waals surface area contributed by atoms with E-state index in [0.717, 1.165) is 19.3 Å². The number of nitrogens with one attached hydrogen (secondary N) is 2. The molecule has 1 fully saturated rings. The van der Waals surface area contributed by atoms with Crippen molar-refractivity contribution in [2.24, 2.45) is 5.92 Å². The highest BCUT2D eigenvalue weighted by Gasteiger charge is 2.38. The highest BCUT2D eigenvalue weighted by Crippen LogP contribution is 2.35. The molecular weight excluding hydrogens is 288 g/mol. The Morgan fingerprint density at radius 3 is 2.76 bits per heavy atom. The first kappa shape index (κ1) is 16.5. The van der Waals surface area contributed by atoms with Crippen LogP contribution in [-0.2, 0) is 10.0 Å². The summed E-state index contributed by atoms with van der Waals surface area (Å²) in [7, 11) is 0.546. The van der Waals surface area contributed by atoms with E-state index in [9.17, 15) is 8.42 Å². The third kappa shape index (κ3) is 3.64. The van der Waals surface area contributed by atoms with Gasteiger partial charge in [-0.2, -0.15) is 0 Å². The summed E-state index contributed by atoms with van der Waals surface area (Å²) in [6.45, 7) is 4.41. The highest BCUT2D eigenvalue weighted by molar-refractivity contribution is 7.89. The molecule has 1 aromatic rings.